The molecule has 1 aromatic rings. The van der Waals surface area contributed by atoms with Gasteiger partial charge in [-0.3, -0.25) is 0 Å². The van der Waals surface area contributed by atoms with Gasteiger partial charge in [-0.2, -0.15) is 9.97 Å². The van der Waals surface area contributed by atoms with Crippen molar-refractivity contribution in [3.63, 3.8) is 0 Å². The van der Waals surface area contributed by atoms with Crippen molar-refractivity contribution in [2.45, 2.75) is 26.3 Å². The fourth-order valence-corrected chi connectivity index (χ4v) is 1.63. The van der Waals surface area contributed by atoms with Crippen LogP contribution in [0.1, 0.15) is 26.6 Å². The molecule has 0 saturated carbocycles. The van der Waals surface area contributed by atoms with E-state index in [-0.39, 0.29) is 30.1 Å². The summed E-state index contributed by atoms with van der Waals surface area (Å²) < 4.78 is 15.2. The number of nitrogens with zero attached hydrogens (tertiary/aromatic N) is 2. The van der Waals surface area contributed by atoms with Gasteiger partial charge >= 0.3 is 5.97 Å². The summed E-state index contributed by atoms with van der Waals surface area (Å²) in [5, 5.41) is 0. The van der Waals surface area contributed by atoms with E-state index < -0.39 is 11.5 Å². The highest BCUT2D eigenvalue weighted by molar-refractivity contribution is 5.81. The van der Waals surface area contributed by atoms with Crippen molar-refractivity contribution in [2.75, 3.05) is 20.8 Å². The molecule has 0 aromatic carbocycles. The summed E-state index contributed by atoms with van der Waals surface area (Å²) in [6.07, 6.45) is 0. The van der Waals surface area contributed by atoms with Gasteiger partial charge in [0.25, 0.3) is 0 Å². The van der Waals surface area contributed by atoms with Gasteiger partial charge in [0.2, 0.25) is 11.8 Å². The minimum Gasteiger partial charge on any atom is -0.481 e. The van der Waals surface area contributed by atoms with E-state index in [1.807, 2.05) is 0 Å². The van der Waals surface area contributed by atoms with Crippen LogP contribution < -0.4 is 15.2 Å². The highest BCUT2D eigenvalue weighted by Gasteiger charge is 2.44. The Morgan fingerprint density at radius 2 is 1.80 bits per heavy atom. The number of carbonyl (C=O) groups is 1. The first-order chi connectivity index (χ1) is 9.39. The Labute approximate surface area is 118 Å². The molecule has 0 aliphatic carbocycles. The van der Waals surface area contributed by atoms with Crippen LogP contribution in [-0.4, -0.2) is 36.8 Å². The topological polar surface area (TPSA) is 96.6 Å². The third-order valence-electron chi connectivity index (χ3n) is 2.99. The van der Waals surface area contributed by atoms with E-state index in [0.29, 0.717) is 0 Å². The number of nitrogens with two attached hydrogens (primary N) is 1. The predicted molar refractivity (Wildman–Crippen MR) is 72.5 cm³/mol. The normalized spacial score (nSPS) is 13.8. The number of aromatic nitrogens is 2. The van der Waals surface area contributed by atoms with Crippen LogP contribution in [0, 0.1) is 5.92 Å². The van der Waals surface area contributed by atoms with Gasteiger partial charge in [-0.1, -0.05) is 13.8 Å². The summed E-state index contributed by atoms with van der Waals surface area (Å²) in [7, 11) is 2.92. The maximum atomic E-state index is 12.2. The number of ether oxygens (including phenoxy) is 3. The lowest BCUT2D eigenvalue weighted by Gasteiger charge is -2.29. The maximum Gasteiger partial charge on any atom is 0.334 e. The minimum absolute atomic E-state index is 0.113. The lowest BCUT2D eigenvalue weighted by atomic mass is 9.86. The number of hydrogen-bond donors (Lipinski definition) is 1. The van der Waals surface area contributed by atoms with Crippen LogP contribution in [0.3, 0.4) is 0 Å². The summed E-state index contributed by atoms with van der Waals surface area (Å²) in [5.74, 6) is -0.191. The highest BCUT2D eigenvalue weighted by atomic mass is 16.5. The second kappa shape index (κ2) is 6.51. The van der Waals surface area contributed by atoms with Crippen molar-refractivity contribution in [2.24, 2.45) is 11.7 Å². The first kappa shape index (κ1) is 16.2. The molecule has 0 bridgehead atoms. The number of esters is 1. The molecule has 0 saturated heterocycles. The van der Waals surface area contributed by atoms with Gasteiger partial charge in [0, 0.05) is 0 Å². The molecule has 2 N–H and O–H groups in total. The van der Waals surface area contributed by atoms with E-state index in [1.54, 1.807) is 20.8 Å². The molecule has 0 aliphatic rings. The summed E-state index contributed by atoms with van der Waals surface area (Å²) in [6.45, 7) is 5.54. The van der Waals surface area contributed by atoms with Crippen LogP contribution in [-0.2, 0) is 15.1 Å². The molecule has 1 aromatic heterocycles. The fourth-order valence-electron chi connectivity index (χ4n) is 1.63. The Bertz CT molecular complexity index is 456. The van der Waals surface area contributed by atoms with Crippen molar-refractivity contribution in [1.29, 1.82) is 0 Å². The van der Waals surface area contributed by atoms with Crippen LogP contribution in [0.15, 0.2) is 6.07 Å². The van der Waals surface area contributed by atoms with Crippen LogP contribution in [0.5, 0.6) is 11.8 Å². The Balaban J connectivity index is 3.37. The molecule has 20 heavy (non-hydrogen) atoms. The first-order valence-electron chi connectivity index (χ1n) is 6.33. The number of carbonyl (C=O) groups excluding carboxylic acids is 1. The summed E-state index contributed by atoms with van der Waals surface area (Å²) in [6, 6.07) is 1.51. The average Bonchev–Trinajstić information content (AvgIpc) is 2.45. The van der Waals surface area contributed by atoms with E-state index in [2.05, 4.69) is 9.97 Å². The zero-order chi connectivity index (χ0) is 15.3. The fraction of sp³-hybridized carbons (Fsp3) is 0.615. The molecule has 0 radical (unpaired) electrons. The largest absolute Gasteiger partial charge is 0.481 e. The molecule has 1 unspecified atom stereocenters. The van der Waals surface area contributed by atoms with E-state index >= 15 is 0 Å². The van der Waals surface area contributed by atoms with Gasteiger partial charge < -0.3 is 19.9 Å². The van der Waals surface area contributed by atoms with E-state index in [4.69, 9.17) is 19.9 Å². The van der Waals surface area contributed by atoms with Gasteiger partial charge in [-0.05, 0) is 12.8 Å². The molecule has 7 heteroatoms. The summed E-state index contributed by atoms with van der Waals surface area (Å²) in [5.41, 5.74) is 4.77. The molecule has 1 rings (SSSR count). The highest BCUT2D eigenvalue weighted by Crippen LogP contribution is 2.29. The van der Waals surface area contributed by atoms with Crippen LogP contribution in [0.25, 0.3) is 0 Å². The molecule has 7 nitrogen and oxygen atoms in total. The summed E-state index contributed by atoms with van der Waals surface area (Å²) in [4.78, 5) is 20.5. The third kappa shape index (κ3) is 2.98. The second-order valence-electron chi connectivity index (χ2n) is 4.52. The molecule has 0 fully saturated rings. The van der Waals surface area contributed by atoms with Gasteiger partial charge in [0.1, 0.15) is 0 Å². The molecule has 0 spiro atoms. The van der Waals surface area contributed by atoms with Gasteiger partial charge in [0.15, 0.2) is 11.4 Å². The van der Waals surface area contributed by atoms with Crippen molar-refractivity contribution < 1.29 is 19.0 Å². The monoisotopic (exact) mass is 283 g/mol. The van der Waals surface area contributed by atoms with Crippen LogP contribution >= 0.6 is 0 Å². The number of methoxy groups -OCH3 is 2. The quantitative estimate of drug-likeness (QED) is 0.773. The molecule has 1 heterocycles. The Morgan fingerprint density at radius 3 is 2.15 bits per heavy atom. The molecule has 112 valence electrons. The zero-order valence-corrected chi connectivity index (χ0v) is 12.5. The van der Waals surface area contributed by atoms with Gasteiger partial charge in [-0.25, -0.2) is 4.79 Å². The zero-order valence-electron chi connectivity index (χ0n) is 12.5. The van der Waals surface area contributed by atoms with E-state index in [0.717, 1.165) is 0 Å². The maximum absolute atomic E-state index is 12.2. The molecule has 0 aliphatic heterocycles. The van der Waals surface area contributed by atoms with Crippen LogP contribution in [0.4, 0.5) is 0 Å². The SMILES string of the molecule is CCOC(=O)C(N)(c1nc(OC)cc(OC)n1)C(C)C. The number of hydrogen-bond acceptors (Lipinski definition) is 7. The lowest BCUT2D eigenvalue weighted by Crippen LogP contribution is -2.51. The lowest BCUT2D eigenvalue weighted by molar-refractivity contribution is -0.152. The van der Waals surface area contributed by atoms with Crippen molar-refractivity contribution in [3.05, 3.63) is 11.9 Å². The Kier molecular flexibility index (Phi) is 5.26. The Hall–Kier alpha value is -1.89. The summed E-state index contributed by atoms with van der Waals surface area (Å²) >= 11 is 0. The molecule has 0 amide bonds. The van der Waals surface area contributed by atoms with Crippen molar-refractivity contribution in [3.8, 4) is 11.8 Å². The first-order valence-corrected chi connectivity index (χ1v) is 6.33. The Morgan fingerprint density at radius 1 is 1.30 bits per heavy atom. The molecule has 1 atom stereocenters. The van der Waals surface area contributed by atoms with Crippen molar-refractivity contribution in [1.82, 2.24) is 9.97 Å². The van der Waals surface area contributed by atoms with Gasteiger partial charge in [0.05, 0.1) is 26.9 Å². The van der Waals surface area contributed by atoms with E-state index in [9.17, 15) is 4.79 Å². The minimum atomic E-state index is -1.46. The molecular weight excluding hydrogens is 262 g/mol. The molecular formula is C13H21N3O4. The van der Waals surface area contributed by atoms with Crippen LogP contribution in [0.2, 0.25) is 0 Å². The average molecular weight is 283 g/mol. The standard InChI is InChI=1S/C13H21N3O4/c1-6-20-12(17)13(14,8(2)3)11-15-9(18-4)7-10(16-11)19-5/h7-8H,6,14H2,1-5H3. The smallest absolute Gasteiger partial charge is 0.334 e. The third-order valence-corrected chi connectivity index (χ3v) is 2.99. The number of rotatable bonds is 6. The van der Waals surface area contributed by atoms with Crippen molar-refractivity contribution >= 4 is 5.97 Å². The predicted octanol–water partition coefficient (Wildman–Crippen LogP) is 0.867. The second-order valence-corrected chi connectivity index (χ2v) is 4.52. The van der Waals surface area contributed by atoms with E-state index in [1.165, 1.54) is 20.3 Å². The van der Waals surface area contributed by atoms with Gasteiger partial charge in [-0.15, -0.1) is 0 Å².